The van der Waals surface area contributed by atoms with Gasteiger partial charge in [0.2, 0.25) is 0 Å². The highest BCUT2D eigenvalue weighted by Crippen LogP contribution is 2.45. The van der Waals surface area contributed by atoms with Crippen molar-refractivity contribution in [2.45, 2.75) is 439 Å². The van der Waals surface area contributed by atoms with Gasteiger partial charge in [-0.15, -0.1) is 0 Å². The van der Waals surface area contributed by atoms with E-state index in [-0.39, 0.29) is 25.7 Å². The minimum absolute atomic E-state index is 0.106. The maximum Gasteiger partial charge on any atom is 0.472 e. The number of carbonyl (C=O) groups excluding carboxylic acids is 4. The van der Waals surface area contributed by atoms with Gasteiger partial charge in [0, 0.05) is 25.7 Å². The van der Waals surface area contributed by atoms with Crippen LogP contribution in [-0.2, 0) is 65.4 Å². The first-order valence-corrected chi connectivity index (χ1v) is 44.6. The van der Waals surface area contributed by atoms with Crippen LogP contribution in [0.2, 0.25) is 0 Å². The Labute approximate surface area is 607 Å². The average molecular weight is 1450 g/mol. The van der Waals surface area contributed by atoms with Crippen molar-refractivity contribution in [3.05, 3.63) is 0 Å². The fraction of sp³-hybridized carbons (Fsp3) is 0.950. The van der Waals surface area contributed by atoms with E-state index in [9.17, 15) is 43.2 Å². The van der Waals surface area contributed by atoms with E-state index < -0.39 is 97.5 Å². The Bertz CT molecular complexity index is 1910. The molecule has 0 aromatic rings. The van der Waals surface area contributed by atoms with E-state index in [0.717, 1.165) is 102 Å². The smallest absolute Gasteiger partial charge is 0.462 e. The average Bonchev–Trinajstić information content (AvgIpc) is 1.10. The van der Waals surface area contributed by atoms with Gasteiger partial charge in [-0.2, -0.15) is 0 Å². The molecule has 4 unspecified atom stereocenters. The summed E-state index contributed by atoms with van der Waals surface area (Å²) in [4.78, 5) is 72.9. The fourth-order valence-electron chi connectivity index (χ4n) is 12.3. The Morgan fingerprint density at radius 3 is 0.717 bits per heavy atom. The lowest BCUT2D eigenvalue weighted by Crippen LogP contribution is -2.30. The summed E-state index contributed by atoms with van der Waals surface area (Å²) < 4.78 is 68.7. The van der Waals surface area contributed by atoms with E-state index in [4.69, 9.17) is 37.0 Å². The highest BCUT2D eigenvalue weighted by atomic mass is 31.2. The third-order valence-electron chi connectivity index (χ3n) is 19.4. The molecule has 0 amide bonds. The zero-order chi connectivity index (χ0) is 72.8. The van der Waals surface area contributed by atoms with E-state index in [2.05, 4.69) is 41.5 Å². The minimum atomic E-state index is -4.96. The summed E-state index contributed by atoms with van der Waals surface area (Å²) in [6.45, 7) is 9.69. The molecule has 0 radical (unpaired) electrons. The summed E-state index contributed by atoms with van der Waals surface area (Å²) in [6, 6.07) is 0. The number of phosphoric acid groups is 2. The number of rotatable bonds is 79. The van der Waals surface area contributed by atoms with Crippen LogP contribution in [0.4, 0.5) is 0 Å². The maximum absolute atomic E-state index is 13.1. The molecule has 0 aliphatic rings. The van der Waals surface area contributed by atoms with Crippen molar-refractivity contribution < 1.29 is 80.2 Å². The summed E-state index contributed by atoms with van der Waals surface area (Å²) in [5.74, 6) is -0.462. The molecule has 0 spiro atoms. The molecule has 0 heterocycles. The molecule has 0 aromatic heterocycles. The number of phosphoric ester groups is 2. The Morgan fingerprint density at radius 2 is 0.485 bits per heavy atom. The SMILES string of the molecule is CCCCCCCCCCCCCCCCCCCCC(=O)OC[C@H](COP(=O)(O)OC[C@@H](O)COP(=O)(O)OC[C@@H](COC(=O)CCCCCCCCCCC)OC(=O)CCCCCCCCCCCCC(C)CC)OC(=O)CCCCCCCCCCCCCCCCC(C)CC. The Morgan fingerprint density at radius 1 is 0.283 bits per heavy atom. The first-order chi connectivity index (χ1) is 47.9. The highest BCUT2D eigenvalue weighted by Gasteiger charge is 2.30. The van der Waals surface area contributed by atoms with Crippen molar-refractivity contribution in [3.8, 4) is 0 Å². The van der Waals surface area contributed by atoms with Gasteiger partial charge in [-0.25, -0.2) is 9.13 Å². The van der Waals surface area contributed by atoms with E-state index >= 15 is 0 Å². The topological polar surface area (TPSA) is 237 Å². The second-order valence-electron chi connectivity index (χ2n) is 29.3. The lowest BCUT2D eigenvalue weighted by molar-refractivity contribution is -0.161. The number of ether oxygens (including phenoxy) is 4. The standard InChI is InChI=1S/C80H156O17P2/c1-7-11-13-15-17-19-20-21-22-23-24-25-29-32-39-45-51-57-63-78(83)91-69-76(96-79(84)64-58-52-46-40-33-30-27-26-28-31-37-42-48-54-60-72(5)9-3)71-95-99(88,89)93-67-74(81)66-92-98(86,87)94-70-75(68-90-77(82)62-56-50-44-36-18-16-14-12-8-2)97-80(85)65-59-53-47-41-35-34-38-43-49-55-61-73(6)10-4/h72-76,81H,7-71H2,1-6H3,(H,86,87)(H,88,89)/t72?,73?,74-,75+,76+/m0/s1. The molecule has 19 heteroatoms. The largest absolute Gasteiger partial charge is 0.472 e. The molecule has 0 bridgehead atoms. The first kappa shape index (κ1) is 97.1. The van der Waals surface area contributed by atoms with Crippen molar-refractivity contribution >= 4 is 39.5 Å². The van der Waals surface area contributed by atoms with E-state index in [1.807, 2.05) is 0 Å². The normalized spacial score (nSPS) is 14.5. The maximum atomic E-state index is 13.1. The molecule has 0 aliphatic carbocycles. The third-order valence-corrected chi connectivity index (χ3v) is 21.3. The molecule has 0 saturated carbocycles. The molecule has 17 nitrogen and oxygen atoms in total. The highest BCUT2D eigenvalue weighted by molar-refractivity contribution is 7.47. The second kappa shape index (κ2) is 71.7. The number of carbonyl (C=O) groups is 4. The molecule has 0 aromatic carbocycles. The van der Waals surface area contributed by atoms with Gasteiger partial charge in [0.05, 0.1) is 26.4 Å². The van der Waals surface area contributed by atoms with Gasteiger partial charge in [0.1, 0.15) is 19.3 Å². The third kappa shape index (κ3) is 71.5. The summed E-state index contributed by atoms with van der Waals surface area (Å²) in [7, 11) is -9.92. The van der Waals surface area contributed by atoms with Gasteiger partial charge in [-0.1, -0.05) is 369 Å². The van der Waals surface area contributed by atoms with Crippen molar-refractivity contribution in [1.29, 1.82) is 0 Å². The number of aliphatic hydroxyl groups excluding tert-OH is 1. The van der Waals surface area contributed by atoms with Crippen LogP contribution in [0, 0.1) is 11.8 Å². The Hall–Kier alpha value is -1.94. The zero-order valence-electron chi connectivity index (χ0n) is 64.8. The van der Waals surface area contributed by atoms with Gasteiger partial charge in [0.15, 0.2) is 12.2 Å². The van der Waals surface area contributed by atoms with Crippen LogP contribution in [-0.4, -0.2) is 96.7 Å². The van der Waals surface area contributed by atoms with E-state index in [0.29, 0.717) is 25.7 Å². The molecule has 3 N–H and O–H groups in total. The summed E-state index contributed by atoms with van der Waals surface area (Å²) in [5.41, 5.74) is 0. The predicted molar refractivity (Wildman–Crippen MR) is 405 cm³/mol. The molecule has 99 heavy (non-hydrogen) atoms. The molecule has 0 aliphatic heterocycles. The molecule has 7 atom stereocenters. The number of unbranched alkanes of at least 4 members (excludes halogenated alkanes) is 47. The molecule has 0 rings (SSSR count). The number of hydrogen-bond acceptors (Lipinski definition) is 15. The van der Waals surface area contributed by atoms with Crippen LogP contribution in [0.3, 0.4) is 0 Å². The zero-order valence-corrected chi connectivity index (χ0v) is 66.6. The van der Waals surface area contributed by atoms with Gasteiger partial charge in [-0.3, -0.25) is 37.3 Å². The molecule has 0 saturated heterocycles. The Kier molecular flexibility index (Phi) is 70.3. The monoisotopic (exact) mass is 1450 g/mol. The van der Waals surface area contributed by atoms with Crippen molar-refractivity contribution in [2.24, 2.45) is 11.8 Å². The van der Waals surface area contributed by atoms with Crippen molar-refractivity contribution in [2.75, 3.05) is 39.6 Å². The van der Waals surface area contributed by atoms with Crippen LogP contribution in [0.5, 0.6) is 0 Å². The second-order valence-corrected chi connectivity index (χ2v) is 32.2. The first-order valence-electron chi connectivity index (χ1n) is 41.6. The van der Waals surface area contributed by atoms with Gasteiger partial charge >= 0.3 is 39.5 Å². The van der Waals surface area contributed by atoms with Gasteiger partial charge in [0.25, 0.3) is 0 Å². The van der Waals surface area contributed by atoms with Crippen LogP contribution in [0.15, 0.2) is 0 Å². The molecule has 588 valence electrons. The van der Waals surface area contributed by atoms with Crippen molar-refractivity contribution in [1.82, 2.24) is 0 Å². The van der Waals surface area contributed by atoms with E-state index in [1.165, 1.54) is 238 Å². The van der Waals surface area contributed by atoms with E-state index in [1.54, 1.807) is 0 Å². The van der Waals surface area contributed by atoms with Gasteiger partial charge < -0.3 is 33.8 Å². The quantitative estimate of drug-likeness (QED) is 0.0222. The van der Waals surface area contributed by atoms with Crippen LogP contribution in [0.1, 0.15) is 420 Å². The molecular weight excluding hydrogens is 1290 g/mol. The number of aliphatic hydroxyl groups is 1. The Balaban J connectivity index is 5.23. The number of esters is 4. The summed E-state index contributed by atoms with van der Waals surface area (Å²) >= 11 is 0. The number of hydrogen-bond donors (Lipinski definition) is 3. The minimum Gasteiger partial charge on any atom is -0.462 e. The molecule has 0 fully saturated rings. The summed E-state index contributed by atoms with van der Waals surface area (Å²) in [5, 5.41) is 10.6. The lowest BCUT2D eigenvalue weighted by Gasteiger charge is -2.21. The van der Waals surface area contributed by atoms with Crippen molar-refractivity contribution in [3.63, 3.8) is 0 Å². The van der Waals surface area contributed by atoms with Crippen LogP contribution < -0.4 is 0 Å². The van der Waals surface area contributed by atoms with Crippen LogP contribution in [0.25, 0.3) is 0 Å². The summed E-state index contributed by atoms with van der Waals surface area (Å²) in [6.07, 6.45) is 60.9. The lowest BCUT2D eigenvalue weighted by atomic mass is 9.99. The van der Waals surface area contributed by atoms with Gasteiger partial charge in [-0.05, 0) is 37.5 Å². The fourth-order valence-corrected chi connectivity index (χ4v) is 13.9. The predicted octanol–water partition coefficient (Wildman–Crippen LogP) is 23.9. The van der Waals surface area contributed by atoms with Crippen LogP contribution >= 0.6 is 15.6 Å². The molecular formula is C80H156O17P2.